The number of hydrogen-bond donors (Lipinski definition) is 2. The lowest BCUT2D eigenvalue weighted by molar-refractivity contribution is 0.354. The van der Waals surface area contributed by atoms with Crippen LogP contribution in [0.15, 0.2) is 40.1 Å². The number of aliphatic imine (C=N–C) groups is 1. The number of aromatic nitrogens is 2. The molecule has 7 nitrogen and oxygen atoms in total. The first-order valence-corrected chi connectivity index (χ1v) is 8.79. The normalized spacial score (nSPS) is 10.8. The first-order chi connectivity index (χ1) is 12.2. The fourth-order valence-corrected chi connectivity index (χ4v) is 2.77. The summed E-state index contributed by atoms with van der Waals surface area (Å²) in [5, 5.41) is 10.8. The molecule has 1 aromatic heterocycles. The second-order valence-electron chi connectivity index (χ2n) is 5.27. The molecule has 0 unspecified atom stereocenters. The predicted octanol–water partition coefficient (Wildman–Crippen LogP) is 3.04. The van der Waals surface area contributed by atoms with Gasteiger partial charge in [-0.3, -0.25) is 9.67 Å². The van der Waals surface area contributed by atoms with Crippen molar-refractivity contribution in [2.45, 2.75) is 19.5 Å². The molecule has 0 aliphatic carbocycles. The predicted molar refractivity (Wildman–Crippen MR) is 118 cm³/mol. The Bertz CT molecular complexity index is 695. The molecule has 2 rings (SSSR count). The summed E-state index contributed by atoms with van der Waals surface area (Å²) in [6, 6.07) is 5.77. The highest BCUT2D eigenvalue weighted by Gasteiger charge is 2.10. The summed E-state index contributed by atoms with van der Waals surface area (Å²) in [5.41, 5.74) is 1.05. The van der Waals surface area contributed by atoms with Crippen LogP contribution < -0.4 is 20.1 Å². The van der Waals surface area contributed by atoms with E-state index >= 15 is 0 Å². The molecule has 0 fully saturated rings. The van der Waals surface area contributed by atoms with Crippen molar-refractivity contribution in [2.75, 3.05) is 27.8 Å². The van der Waals surface area contributed by atoms with Crippen LogP contribution in [0.3, 0.4) is 0 Å². The molecule has 0 radical (unpaired) electrons. The van der Waals surface area contributed by atoms with Gasteiger partial charge in [0.15, 0.2) is 17.5 Å². The maximum absolute atomic E-state index is 5.35. The van der Waals surface area contributed by atoms with E-state index in [1.165, 1.54) is 0 Å². The van der Waals surface area contributed by atoms with E-state index in [-0.39, 0.29) is 24.0 Å². The standard InChI is InChI=1S/C17H24BrN5O2.HI/c1-19-17(20-6-4-8-23-9-5-7-22-23)21-12-13-10-15(24-2)16(25-3)11-14(13)18;/h5,7,9-11H,4,6,8,12H2,1-3H3,(H2,19,20,21);1H. The second kappa shape index (κ2) is 12.0. The van der Waals surface area contributed by atoms with Crippen molar-refractivity contribution in [3.05, 3.63) is 40.6 Å². The van der Waals surface area contributed by atoms with Gasteiger partial charge in [0.1, 0.15) is 0 Å². The van der Waals surface area contributed by atoms with Crippen LogP contribution in [0.4, 0.5) is 0 Å². The van der Waals surface area contributed by atoms with Crippen molar-refractivity contribution in [1.29, 1.82) is 0 Å². The van der Waals surface area contributed by atoms with E-state index in [2.05, 4.69) is 36.7 Å². The average Bonchev–Trinajstić information content (AvgIpc) is 3.15. The molecule has 0 atom stereocenters. The molecule has 144 valence electrons. The molecule has 2 aromatic rings. The molecular formula is C17H25BrIN5O2. The van der Waals surface area contributed by atoms with E-state index in [4.69, 9.17) is 9.47 Å². The molecule has 2 N–H and O–H groups in total. The van der Waals surface area contributed by atoms with Crippen molar-refractivity contribution >= 4 is 45.9 Å². The number of nitrogens with zero attached hydrogens (tertiary/aromatic N) is 3. The quantitative estimate of drug-likeness (QED) is 0.234. The number of guanidine groups is 1. The minimum Gasteiger partial charge on any atom is -0.493 e. The van der Waals surface area contributed by atoms with Gasteiger partial charge < -0.3 is 20.1 Å². The second-order valence-corrected chi connectivity index (χ2v) is 6.13. The summed E-state index contributed by atoms with van der Waals surface area (Å²) < 4.78 is 13.5. The SMILES string of the molecule is CN=C(NCCCn1cccn1)NCc1cc(OC)c(OC)cc1Br.I. The molecule has 0 spiro atoms. The maximum Gasteiger partial charge on any atom is 0.191 e. The van der Waals surface area contributed by atoms with Crippen LogP contribution in [0.25, 0.3) is 0 Å². The smallest absolute Gasteiger partial charge is 0.191 e. The summed E-state index contributed by atoms with van der Waals surface area (Å²) in [6.45, 7) is 2.30. The van der Waals surface area contributed by atoms with Crippen LogP contribution in [0.5, 0.6) is 11.5 Å². The Hall–Kier alpha value is -1.49. The molecule has 0 aliphatic heterocycles. The number of halogens is 2. The van der Waals surface area contributed by atoms with Gasteiger partial charge in [0.25, 0.3) is 0 Å². The number of rotatable bonds is 8. The van der Waals surface area contributed by atoms with Gasteiger partial charge in [-0.1, -0.05) is 15.9 Å². The number of aryl methyl sites for hydroxylation is 1. The van der Waals surface area contributed by atoms with Gasteiger partial charge in [-0.05, 0) is 30.2 Å². The first-order valence-electron chi connectivity index (χ1n) is 8.00. The van der Waals surface area contributed by atoms with Crippen molar-refractivity contribution < 1.29 is 9.47 Å². The third kappa shape index (κ3) is 6.67. The Morgan fingerprint density at radius 1 is 1.23 bits per heavy atom. The molecule has 0 saturated carbocycles. The summed E-state index contributed by atoms with van der Waals surface area (Å²) >= 11 is 3.56. The van der Waals surface area contributed by atoms with Gasteiger partial charge in [0, 0.05) is 43.5 Å². The number of methoxy groups -OCH3 is 2. The van der Waals surface area contributed by atoms with Crippen LogP contribution >= 0.6 is 39.9 Å². The minimum atomic E-state index is 0. The molecule has 0 amide bonds. The highest BCUT2D eigenvalue weighted by Crippen LogP contribution is 2.33. The van der Waals surface area contributed by atoms with Crippen molar-refractivity contribution in [3.63, 3.8) is 0 Å². The van der Waals surface area contributed by atoms with E-state index in [9.17, 15) is 0 Å². The minimum absolute atomic E-state index is 0. The molecule has 1 aromatic carbocycles. The molecule has 26 heavy (non-hydrogen) atoms. The topological polar surface area (TPSA) is 72.7 Å². The van der Waals surface area contributed by atoms with Gasteiger partial charge >= 0.3 is 0 Å². The maximum atomic E-state index is 5.35. The Kier molecular flexibility index (Phi) is 10.4. The lowest BCUT2D eigenvalue weighted by atomic mass is 10.2. The molecule has 1 heterocycles. The van der Waals surface area contributed by atoms with Crippen LogP contribution in [-0.2, 0) is 13.1 Å². The van der Waals surface area contributed by atoms with Gasteiger partial charge in [-0.2, -0.15) is 5.10 Å². The van der Waals surface area contributed by atoms with Gasteiger partial charge in [-0.25, -0.2) is 0 Å². The van der Waals surface area contributed by atoms with E-state index < -0.39 is 0 Å². The summed E-state index contributed by atoms with van der Waals surface area (Å²) in [5.74, 6) is 2.14. The number of ether oxygens (including phenoxy) is 2. The summed E-state index contributed by atoms with van der Waals surface area (Å²) in [6.07, 6.45) is 4.71. The fourth-order valence-electron chi connectivity index (χ4n) is 2.31. The average molecular weight is 538 g/mol. The van der Waals surface area contributed by atoms with E-state index in [0.29, 0.717) is 18.0 Å². The molecule has 0 saturated heterocycles. The van der Waals surface area contributed by atoms with E-state index in [1.807, 2.05) is 29.1 Å². The van der Waals surface area contributed by atoms with Crippen molar-refractivity contribution in [3.8, 4) is 11.5 Å². The Balaban J connectivity index is 0.00000338. The number of nitrogens with one attached hydrogen (secondary N) is 2. The Morgan fingerprint density at radius 2 is 1.96 bits per heavy atom. The summed E-state index contributed by atoms with van der Waals surface area (Å²) in [7, 11) is 5.01. The number of benzene rings is 1. The lowest BCUT2D eigenvalue weighted by Gasteiger charge is -2.15. The van der Waals surface area contributed by atoms with Gasteiger partial charge in [0.05, 0.1) is 14.2 Å². The molecule has 0 aliphatic rings. The van der Waals surface area contributed by atoms with E-state index in [1.54, 1.807) is 27.5 Å². The van der Waals surface area contributed by atoms with Gasteiger partial charge in [0.2, 0.25) is 0 Å². The highest BCUT2D eigenvalue weighted by atomic mass is 127. The Morgan fingerprint density at radius 3 is 2.58 bits per heavy atom. The summed E-state index contributed by atoms with van der Waals surface area (Å²) in [4.78, 5) is 4.24. The Labute approximate surface area is 179 Å². The van der Waals surface area contributed by atoms with Crippen LogP contribution in [-0.4, -0.2) is 43.6 Å². The van der Waals surface area contributed by atoms with Crippen LogP contribution in [0.1, 0.15) is 12.0 Å². The molecular weight excluding hydrogens is 513 g/mol. The highest BCUT2D eigenvalue weighted by molar-refractivity contribution is 14.0. The number of hydrogen-bond acceptors (Lipinski definition) is 4. The van der Waals surface area contributed by atoms with Crippen molar-refractivity contribution in [1.82, 2.24) is 20.4 Å². The molecule has 9 heteroatoms. The third-order valence-electron chi connectivity index (χ3n) is 3.64. The zero-order chi connectivity index (χ0) is 18.1. The fraction of sp³-hybridized carbons (Fsp3) is 0.412. The van der Waals surface area contributed by atoms with Crippen LogP contribution in [0, 0.1) is 0 Å². The zero-order valence-corrected chi connectivity index (χ0v) is 19.1. The third-order valence-corrected chi connectivity index (χ3v) is 4.38. The lowest BCUT2D eigenvalue weighted by Crippen LogP contribution is -2.37. The van der Waals surface area contributed by atoms with Crippen molar-refractivity contribution in [2.24, 2.45) is 4.99 Å². The largest absolute Gasteiger partial charge is 0.493 e. The first kappa shape index (κ1) is 22.6. The zero-order valence-electron chi connectivity index (χ0n) is 15.2. The van der Waals surface area contributed by atoms with Crippen LogP contribution in [0.2, 0.25) is 0 Å². The monoisotopic (exact) mass is 537 g/mol. The molecule has 0 bridgehead atoms. The van der Waals surface area contributed by atoms with E-state index in [0.717, 1.165) is 35.5 Å². The van der Waals surface area contributed by atoms with Gasteiger partial charge in [-0.15, -0.1) is 24.0 Å².